The molecule has 3 nitrogen and oxygen atoms in total. The highest BCUT2D eigenvalue weighted by molar-refractivity contribution is 7.09. The highest BCUT2D eigenvalue weighted by atomic mass is 32.1. The second kappa shape index (κ2) is 8.61. The van der Waals surface area contributed by atoms with Gasteiger partial charge >= 0.3 is 0 Å². The summed E-state index contributed by atoms with van der Waals surface area (Å²) in [5, 5.41) is 3.51. The molecule has 0 bridgehead atoms. The molecule has 0 fully saturated rings. The summed E-state index contributed by atoms with van der Waals surface area (Å²) in [7, 11) is 0. The maximum atomic E-state index is 4.26. The SMILES string of the molecule is CCN(CC)CCCNCCc1scnc1C. The first-order valence-electron chi connectivity index (χ1n) is 6.60. The lowest BCUT2D eigenvalue weighted by Gasteiger charge is -2.17. The van der Waals surface area contributed by atoms with Gasteiger partial charge in [0.25, 0.3) is 0 Å². The van der Waals surface area contributed by atoms with Crippen LogP contribution in [-0.4, -0.2) is 42.6 Å². The summed E-state index contributed by atoms with van der Waals surface area (Å²) in [5.74, 6) is 0. The first kappa shape index (κ1) is 14.6. The molecule has 1 aromatic heterocycles. The number of nitrogens with one attached hydrogen (secondary N) is 1. The number of aromatic nitrogens is 1. The molecule has 1 N–H and O–H groups in total. The van der Waals surface area contributed by atoms with E-state index in [1.165, 1.54) is 23.5 Å². The van der Waals surface area contributed by atoms with Gasteiger partial charge in [-0.25, -0.2) is 4.98 Å². The predicted octanol–water partition coefficient (Wildman–Crippen LogP) is 2.32. The molecule has 0 radical (unpaired) electrons. The Morgan fingerprint density at radius 1 is 1.29 bits per heavy atom. The molecule has 0 atom stereocenters. The molecule has 0 amide bonds. The first-order valence-corrected chi connectivity index (χ1v) is 7.47. The van der Waals surface area contributed by atoms with Crippen LogP contribution < -0.4 is 5.32 Å². The van der Waals surface area contributed by atoms with E-state index >= 15 is 0 Å². The van der Waals surface area contributed by atoms with Gasteiger partial charge in [0.05, 0.1) is 11.2 Å². The van der Waals surface area contributed by atoms with Crippen LogP contribution in [0.4, 0.5) is 0 Å². The summed E-state index contributed by atoms with van der Waals surface area (Å²) >= 11 is 1.77. The predicted molar refractivity (Wildman–Crippen MR) is 75.8 cm³/mol. The van der Waals surface area contributed by atoms with Crippen LogP contribution in [0.15, 0.2) is 5.51 Å². The Hall–Kier alpha value is -0.450. The van der Waals surface area contributed by atoms with Crippen molar-refractivity contribution in [3.8, 4) is 0 Å². The molecule has 0 aromatic carbocycles. The minimum absolute atomic E-state index is 1.07. The van der Waals surface area contributed by atoms with Gasteiger partial charge in [0.15, 0.2) is 0 Å². The fourth-order valence-corrected chi connectivity index (χ4v) is 2.64. The molecule has 17 heavy (non-hydrogen) atoms. The second-order valence-corrected chi connectivity index (χ2v) is 5.18. The lowest BCUT2D eigenvalue weighted by Crippen LogP contribution is -2.27. The smallest absolute Gasteiger partial charge is 0.0797 e. The minimum atomic E-state index is 1.07. The molecule has 0 saturated carbocycles. The van der Waals surface area contributed by atoms with E-state index in [0.717, 1.165) is 32.6 Å². The van der Waals surface area contributed by atoms with Gasteiger partial charge in [-0.15, -0.1) is 11.3 Å². The number of nitrogens with zero attached hydrogens (tertiary/aromatic N) is 2. The summed E-state index contributed by atoms with van der Waals surface area (Å²) < 4.78 is 0. The quantitative estimate of drug-likeness (QED) is 0.686. The fourth-order valence-electron chi connectivity index (χ4n) is 1.86. The van der Waals surface area contributed by atoms with E-state index in [1.54, 1.807) is 11.3 Å². The Morgan fingerprint density at radius 2 is 2.06 bits per heavy atom. The Morgan fingerprint density at radius 3 is 2.65 bits per heavy atom. The zero-order valence-electron chi connectivity index (χ0n) is 11.3. The summed E-state index contributed by atoms with van der Waals surface area (Å²) in [5.41, 5.74) is 3.13. The number of aryl methyl sites for hydroxylation is 1. The van der Waals surface area contributed by atoms with Crippen LogP contribution in [0.1, 0.15) is 30.8 Å². The van der Waals surface area contributed by atoms with E-state index in [4.69, 9.17) is 0 Å². The van der Waals surface area contributed by atoms with E-state index < -0.39 is 0 Å². The van der Waals surface area contributed by atoms with Crippen LogP contribution >= 0.6 is 11.3 Å². The Labute approximate surface area is 109 Å². The van der Waals surface area contributed by atoms with Gasteiger partial charge in [-0.05, 0) is 45.9 Å². The Balaban J connectivity index is 2.00. The maximum Gasteiger partial charge on any atom is 0.0797 e. The monoisotopic (exact) mass is 255 g/mol. The van der Waals surface area contributed by atoms with Crippen molar-refractivity contribution < 1.29 is 0 Å². The average Bonchev–Trinajstić information content (AvgIpc) is 2.74. The van der Waals surface area contributed by atoms with Gasteiger partial charge in [-0.1, -0.05) is 13.8 Å². The highest BCUT2D eigenvalue weighted by Crippen LogP contribution is 2.11. The summed E-state index contributed by atoms with van der Waals surface area (Å²) in [4.78, 5) is 8.15. The lowest BCUT2D eigenvalue weighted by atomic mass is 10.3. The van der Waals surface area contributed by atoms with Crippen LogP contribution in [0.5, 0.6) is 0 Å². The molecule has 4 heteroatoms. The van der Waals surface area contributed by atoms with Crippen molar-refractivity contribution in [2.75, 3.05) is 32.7 Å². The van der Waals surface area contributed by atoms with E-state index in [2.05, 4.69) is 36.0 Å². The van der Waals surface area contributed by atoms with Gasteiger partial charge in [-0.2, -0.15) is 0 Å². The van der Waals surface area contributed by atoms with Crippen LogP contribution in [0.25, 0.3) is 0 Å². The van der Waals surface area contributed by atoms with E-state index in [-0.39, 0.29) is 0 Å². The molecule has 1 heterocycles. The summed E-state index contributed by atoms with van der Waals surface area (Å²) in [6.07, 6.45) is 2.35. The van der Waals surface area contributed by atoms with Gasteiger partial charge in [-0.3, -0.25) is 0 Å². The zero-order chi connectivity index (χ0) is 12.5. The Kier molecular flexibility index (Phi) is 7.40. The second-order valence-electron chi connectivity index (χ2n) is 4.24. The topological polar surface area (TPSA) is 28.2 Å². The lowest BCUT2D eigenvalue weighted by molar-refractivity contribution is 0.298. The number of rotatable bonds is 9. The van der Waals surface area contributed by atoms with E-state index in [9.17, 15) is 0 Å². The molecule has 0 aliphatic rings. The third-order valence-electron chi connectivity index (χ3n) is 3.10. The first-order chi connectivity index (χ1) is 8.27. The Bertz CT molecular complexity index is 295. The molecule has 0 spiro atoms. The van der Waals surface area contributed by atoms with Crippen molar-refractivity contribution >= 4 is 11.3 Å². The van der Waals surface area contributed by atoms with Crippen LogP contribution in [0.2, 0.25) is 0 Å². The zero-order valence-corrected chi connectivity index (χ0v) is 12.1. The maximum absolute atomic E-state index is 4.26. The van der Waals surface area contributed by atoms with Gasteiger partial charge in [0, 0.05) is 11.4 Å². The minimum Gasteiger partial charge on any atom is -0.316 e. The average molecular weight is 255 g/mol. The normalized spacial score (nSPS) is 11.3. The van der Waals surface area contributed by atoms with Gasteiger partial charge in [0.1, 0.15) is 0 Å². The van der Waals surface area contributed by atoms with Crippen molar-refractivity contribution in [2.24, 2.45) is 0 Å². The molecule has 0 unspecified atom stereocenters. The molecule has 0 aliphatic heterocycles. The number of hydrogen-bond donors (Lipinski definition) is 1. The fraction of sp³-hybridized carbons (Fsp3) is 0.769. The molecule has 0 saturated heterocycles. The van der Waals surface area contributed by atoms with Gasteiger partial charge in [0.2, 0.25) is 0 Å². The van der Waals surface area contributed by atoms with Crippen molar-refractivity contribution in [3.63, 3.8) is 0 Å². The third-order valence-corrected chi connectivity index (χ3v) is 4.09. The molecular formula is C13H25N3S. The highest BCUT2D eigenvalue weighted by Gasteiger charge is 2.01. The number of hydrogen-bond acceptors (Lipinski definition) is 4. The largest absolute Gasteiger partial charge is 0.316 e. The van der Waals surface area contributed by atoms with Crippen molar-refractivity contribution in [3.05, 3.63) is 16.1 Å². The molecule has 0 aliphatic carbocycles. The standard InChI is InChI=1S/C13H25N3S/c1-4-16(5-2)10-6-8-14-9-7-13-12(3)15-11-17-13/h11,14H,4-10H2,1-3H3. The van der Waals surface area contributed by atoms with Crippen LogP contribution in [-0.2, 0) is 6.42 Å². The summed E-state index contributed by atoms with van der Waals surface area (Å²) in [6, 6.07) is 0. The number of thiazole rings is 1. The molecule has 98 valence electrons. The van der Waals surface area contributed by atoms with E-state index in [0.29, 0.717) is 0 Å². The van der Waals surface area contributed by atoms with Crippen molar-refractivity contribution in [1.29, 1.82) is 0 Å². The third kappa shape index (κ3) is 5.61. The van der Waals surface area contributed by atoms with E-state index in [1.807, 2.05) is 5.51 Å². The van der Waals surface area contributed by atoms with Crippen LogP contribution in [0, 0.1) is 6.92 Å². The van der Waals surface area contributed by atoms with Crippen LogP contribution in [0.3, 0.4) is 0 Å². The van der Waals surface area contributed by atoms with Gasteiger partial charge < -0.3 is 10.2 Å². The summed E-state index contributed by atoms with van der Waals surface area (Å²) in [6.45, 7) is 12.3. The van der Waals surface area contributed by atoms with Crippen molar-refractivity contribution in [1.82, 2.24) is 15.2 Å². The molecular weight excluding hydrogens is 230 g/mol. The molecule has 1 rings (SSSR count). The molecule has 1 aromatic rings. The van der Waals surface area contributed by atoms with Crippen molar-refractivity contribution in [2.45, 2.75) is 33.6 Å².